The van der Waals surface area contributed by atoms with Gasteiger partial charge in [-0.05, 0) is 30.5 Å². The average molecular weight is 254 g/mol. The van der Waals surface area contributed by atoms with Gasteiger partial charge < -0.3 is 9.84 Å². The molecule has 1 N–H and O–H groups in total. The van der Waals surface area contributed by atoms with Gasteiger partial charge in [0.2, 0.25) is 0 Å². The molecule has 0 saturated carbocycles. The van der Waals surface area contributed by atoms with Crippen molar-refractivity contribution in [2.75, 3.05) is 13.2 Å². The molecule has 1 aromatic rings. The zero-order valence-electron chi connectivity index (χ0n) is 10.6. The van der Waals surface area contributed by atoms with Crippen LogP contribution in [0.2, 0.25) is 0 Å². The molecule has 0 heterocycles. The number of carbonyl (C=O) groups is 1. The highest BCUT2D eigenvalue weighted by atomic mass is 19.1. The summed E-state index contributed by atoms with van der Waals surface area (Å²) < 4.78 is 18.4. The summed E-state index contributed by atoms with van der Waals surface area (Å²) in [5, 5.41) is 9.14. The standard InChI is InChI=1S/C14H19FO3/c1-2-3-8-18-9-7-13(14(16)17)11-5-4-6-12(15)10-11/h4-6,10,13H,2-3,7-9H2,1H3,(H,16,17). The van der Waals surface area contributed by atoms with Crippen molar-refractivity contribution >= 4 is 5.97 Å². The second kappa shape index (κ2) is 7.82. The molecule has 1 rings (SSSR count). The first-order valence-corrected chi connectivity index (χ1v) is 6.21. The van der Waals surface area contributed by atoms with E-state index in [0.717, 1.165) is 12.8 Å². The lowest BCUT2D eigenvalue weighted by Crippen LogP contribution is -2.14. The van der Waals surface area contributed by atoms with Crippen molar-refractivity contribution in [1.82, 2.24) is 0 Å². The van der Waals surface area contributed by atoms with Crippen LogP contribution in [0.25, 0.3) is 0 Å². The van der Waals surface area contributed by atoms with Crippen molar-refractivity contribution in [2.24, 2.45) is 0 Å². The van der Waals surface area contributed by atoms with Crippen molar-refractivity contribution < 1.29 is 19.0 Å². The number of carboxylic acid groups (broad SMARTS) is 1. The van der Waals surface area contributed by atoms with Gasteiger partial charge in [0.25, 0.3) is 0 Å². The van der Waals surface area contributed by atoms with Crippen LogP contribution in [0.4, 0.5) is 4.39 Å². The van der Waals surface area contributed by atoms with Crippen LogP contribution in [-0.4, -0.2) is 24.3 Å². The van der Waals surface area contributed by atoms with Gasteiger partial charge in [0.05, 0.1) is 5.92 Å². The maximum Gasteiger partial charge on any atom is 0.311 e. The Morgan fingerprint density at radius 3 is 2.83 bits per heavy atom. The molecular formula is C14H19FO3. The summed E-state index contributed by atoms with van der Waals surface area (Å²) in [5.74, 6) is -2.06. The fourth-order valence-corrected chi connectivity index (χ4v) is 1.71. The van der Waals surface area contributed by atoms with E-state index >= 15 is 0 Å². The van der Waals surface area contributed by atoms with E-state index in [9.17, 15) is 9.18 Å². The lowest BCUT2D eigenvalue weighted by molar-refractivity contribution is -0.139. The lowest BCUT2D eigenvalue weighted by Gasteiger charge is -2.13. The second-order valence-electron chi connectivity index (χ2n) is 4.20. The van der Waals surface area contributed by atoms with Gasteiger partial charge >= 0.3 is 5.97 Å². The first kappa shape index (κ1) is 14.6. The maximum atomic E-state index is 13.1. The Kier molecular flexibility index (Phi) is 6.36. The van der Waals surface area contributed by atoms with Crippen LogP contribution in [0.5, 0.6) is 0 Å². The molecule has 0 radical (unpaired) electrons. The summed E-state index contributed by atoms with van der Waals surface area (Å²) >= 11 is 0. The van der Waals surface area contributed by atoms with E-state index in [4.69, 9.17) is 9.84 Å². The van der Waals surface area contributed by atoms with Crippen LogP contribution in [-0.2, 0) is 9.53 Å². The molecular weight excluding hydrogens is 235 g/mol. The predicted octanol–water partition coefficient (Wildman–Crippen LogP) is 3.20. The first-order chi connectivity index (χ1) is 8.65. The molecule has 1 aromatic carbocycles. The second-order valence-corrected chi connectivity index (χ2v) is 4.20. The lowest BCUT2D eigenvalue weighted by atomic mass is 9.96. The Balaban J connectivity index is 2.53. The Morgan fingerprint density at radius 1 is 1.44 bits per heavy atom. The molecule has 0 fully saturated rings. The van der Waals surface area contributed by atoms with E-state index in [-0.39, 0.29) is 0 Å². The fraction of sp³-hybridized carbons (Fsp3) is 0.500. The molecule has 4 heteroatoms. The molecule has 1 unspecified atom stereocenters. The zero-order chi connectivity index (χ0) is 13.4. The normalized spacial score (nSPS) is 12.3. The number of benzene rings is 1. The number of ether oxygens (including phenoxy) is 1. The minimum Gasteiger partial charge on any atom is -0.481 e. The van der Waals surface area contributed by atoms with Gasteiger partial charge in [0.1, 0.15) is 5.82 Å². The van der Waals surface area contributed by atoms with E-state index in [1.54, 1.807) is 6.07 Å². The van der Waals surface area contributed by atoms with Crippen LogP contribution < -0.4 is 0 Å². The number of aliphatic carboxylic acids is 1. The third-order valence-corrected chi connectivity index (χ3v) is 2.74. The van der Waals surface area contributed by atoms with Crippen molar-refractivity contribution in [3.05, 3.63) is 35.6 Å². The molecule has 0 bridgehead atoms. The smallest absolute Gasteiger partial charge is 0.311 e. The largest absolute Gasteiger partial charge is 0.481 e. The van der Waals surface area contributed by atoms with Crippen LogP contribution in [0.15, 0.2) is 24.3 Å². The predicted molar refractivity (Wildman–Crippen MR) is 67.1 cm³/mol. The van der Waals surface area contributed by atoms with Gasteiger partial charge in [-0.15, -0.1) is 0 Å². The summed E-state index contributed by atoms with van der Waals surface area (Å²) in [7, 11) is 0. The average Bonchev–Trinajstić information content (AvgIpc) is 2.33. The number of carboxylic acids is 1. The molecule has 0 spiro atoms. The SMILES string of the molecule is CCCCOCCC(C(=O)O)c1cccc(F)c1. The van der Waals surface area contributed by atoms with Gasteiger partial charge in [0, 0.05) is 13.2 Å². The molecule has 0 aliphatic carbocycles. The van der Waals surface area contributed by atoms with Crippen LogP contribution >= 0.6 is 0 Å². The zero-order valence-corrected chi connectivity index (χ0v) is 10.6. The van der Waals surface area contributed by atoms with E-state index < -0.39 is 17.7 Å². The first-order valence-electron chi connectivity index (χ1n) is 6.21. The summed E-state index contributed by atoms with van der Waals surface area (Å²) in [6.07, 6.45) is 2.38. The van der Waals surface area contributed by atoms with Crippen LogP contribution in [0.3, 0.4) is 0 Å². The van der Waals surface area contributed by atoms with Crippen LogP contribution in [0, 0.1) is 5.82 Å². The van der Waals surface area contributed by atoms with Gasteiger partial charge in [0.15, 0.2) is 0 Å². The number of rotatable bonds is 8. The van der Waals surface area contributed by atoms with Gasteiger partial charge in [-0.25, -0.2) is 4.39 Å². The number of halogens is 1. The Labute approximate surface area is 107 Å². The molecule has 100 valence electrons. The molecule has 0 saturated heterocycles. The summed E-state index contributed by atoms with van der Waals surface area (Å²) in [6.45, 7) is 3.09. The molecule has 1 atom stereocenters. The number of hydrogen-bond donors (Lipinski definition) is 1. The number of hydrogen-bond acceptors (Lipinski definition) is 2. The van der Waals surface area contributed by atoms with E-state index in [1.165, 1.54) is 18.2 Å². The quantitative estimate of drug-likeness (QED) is 0.725. The summed E-state index contributed by atoms with van der Waals surface area (Å²) in [6, 6.07) is 5.73. The van der Waals surface area contributed by atoms with E-state index in [1.807, 2.05) is 0 Å². The third-order valence-electron chi connectivity index (χ3n) is 2.74. The minimum absolute atomic E-state index is 0.364. The van der Waals surface area contributed by atoms with Crippen LogP contribution in [0.1, 0.15) is 37.7 Å². The van der Waals surface area contributed by atoms with E-state index in [0.29, 0.717) is 25.2 Å². The van der Waals surface area contributed by atoms with Gasteiger partial charge in [-0.2, -0.15) is 0 Å². The highest BCUT2D eigenvalue weighted by Gasteiger charge is 2.19. The van der Waals surface area contributed by atoms with Crippen molar-refractivity contribution in [1.29, 1.82) is 0 Å². The highest BCUT2D eigenvalue weighted by molar-refractivity contribution is 5.76. The Morgan fingerprint density at radius 2 is 2.22 bits per heavy atom. The van der Waals surface area contributed by atoms with Crippen molar-refractivity contribution in [2.45, 2.75) is 32.1 Å². The highest BCUT2D eigenvalue weighted by Crippen LogP contribution is 2.20. The third kappa shape index (κ3) is 4.84. The number of unbranched alkanes of at least 4 members (excludes halogenated alkanes) is 1. The molecule has 0 amide bonds. The Hall–Kier alpha value is -1.42. The van der Waals surface area contributed by atoms with E-state index in [2.05, 4.69) is 6.92 Å². The van der Waals surface area contributed by atoms with Crippen molar-refractivity contribution in [3.8, 4) is 0 Å². The summed E-state index contributed by atoms with van der Waals surface area (Å²) in [4.78, 5) is 11.2. The molecule has 18 heavy (non-hydrogen) atoms. The molecule has 0 aromatic heterocycles. The maximum absolute atomic E-state index is 13.1. The molecule has 0 aliphatic heterocycles. The van der Waals surface area contributed by atoms with Gasteiger partial charge in [-0.3, -0.25) is 4.79 Å². The monoisotopic (exact) mass is 254 g/mol. The minimum atomic E-state index is -0.945. The molecule has 3 nitrogen and oxygen atoms in total. The Bertz CT molecular complexity index is 379. The summed E-state index contributed by atoms with van der Waals surface area (Å²) in [5.41, 5.74) is 0.488. The molecule has 0 aliphatic rings. The van der Waals surface area contributed by atoms with Gasteiger partial charge in [-0.1, -0.05) is 25.5 Å². The van der Waals surface area contributed by atoms with Crippen molar-refractivity contribution in [3.63, 3.8) is 0 Å². The fourth-order valence-electron chi connectivity index (χ4n) is 1.71. The topological polar surface area (TPSA) is 46.5 Å².